The number of hydrogen-bond acceptors (Lipinski definition) is 2. The summed E-state index contributed by atoms with van der Waals surface area (Å²) in [5, 5.41) is 6.90. The maximum atomic E-state index is 3.51. The molecule has 2 N–H and O–H groups in total. The first-order valence-electron chi connectivity index (χ1n) is 4.86. The first-order chi connectivity index (χ1) is 5.79. The second kappa shape index (κ2) is 5.33. The Morgan fingerprint density at radius 2 is 2.42 bits per heavy atom. The van der Waals surface area contributed by atoms with Gasteiger partial charge in [0.1, 0.15) is 0 Å². The second-order valence-electron chi connectivity index (χ2n) is 3.73. The average Bonchev–Trinajstić information content (AvgIpc) is 2.05. The van der Waals surface area contributed by atoms with Crippen molar-refractivity contribution in [3.63, 3.8) is 0 Å². The molecule has 1 aliphatic heterocycles. The Balaban J connectivity index is 2.09. The van der Waals surface area contributed by atoms with Crippen LogP contribution in [0, 0.1) is 0 Å². The molecule has 0 bridgehead atoms. The molecule has 0 aliphatic carbocycles. The molecular formula is C10H20N2. The second-order valence-corrected chi connectivity index (χ2v) is 3.73. The molecule has 2 heteroatoms. The zero-order chi connectivity index (χ0) is 8.81. The summed E-state index contributed by atoms with van der Waals surface area (Å²) in [7, 11) is 0. The number of allylic oxidation sites excluding steroid dienone is 1. The number of hydrogen-bond donors (Lipinski definition) is 2. The fraction of sp³-hybridized carbons (Fsp3) is 0.800. The summed E-state index contributed by atoms with van der Waals surface area (Å²) in [5.74, 6) is 0. The highest BCUT2D eigenvalue weighted by Crippen LogP contribution is 2.00. The third kappa shape index (κ3) is 3.88. The van der Waals surface area contributed by atoms with Crippen LogP contribution in [0.5, 0.6) is 0 Å². The molecule has 12 heavy (non-hydrogen) atoms. The normalized spacial score (nSPS) is 23.7. The van der Waals surface area contributed by atoms with E-state index in [0.29, 0.717) is 6.04 Å². The van der Waals surface area contributed by atoms with Crippen LogP contribution in [0.1, 0.15) is 26.7 Å². The highest BCUT2D eigenvalue weighted by molar-refractivity contribution is 4.95. The van der Waals surface area contributed by atoms with Crippen LogP contribution in [0.4, 0.5) is 0 Å². The zero-order valence-electron chi connectivity index (χ0n) is 8.19. The van der Waals surface area contributed by atoms with E-state index in [9.17, 15) is 0 Å². The van der Waals surface area contributed by atoms with Gasteiger partial charge in [0, 0.05) is 19.1 Å². The summed E-state index contributed by atoms with van der Waals surface area (Å²) >= 11 is 0. The van der Waals surface area contributed by atoms with E-state index in [1.807, 2.05) is 0 Å². The van der Waals surface area contributed by atoms with Gasteiger partial charge in [0.2, 0.25) is 0 Å². The van der Waals surface area contributed by atoms with Gasteiger partial charge in [-0.3, -0.25) is 0 Å². The molecule has 0 radical (unpaired) electrons. The van der Waals surface area contributed by atoms with Crippen LogP contribution in [0.25, 0.3) is 0 Å². The van der Waals surface area contributed by atoms with Gasteiger partial charge in [0.25, 0.3) is 0 Å². The largest absolute Gasteiger partial charge is 0.315 e. The van der Waals surface area contributed by atoms with Crippen LogP contribution < -0.4 is 10.6 Å². The molecule has 0 aromatic carbocycles. The van der Waals surface area contributed by atoms with Crippen molar-refractivity contribution >= 4 is 0 Å². The van der Waals surface area contributed by atoms with Crippen LogP contribution in [0.2, 0.25) is 0 Å². The molecule has 0 spiro atoms. The summed E-state index contributed by atoms with van der Waals surface area (Å²) in [5.41, 5.74) is 1.39. The molecule has 0 amide bonds. The van der Waals surface area contributed by atoms with E-state index in [-0.39, 0.29) is 0 Å². The van der Waals surface area contributed by atoms with Crippen molar-refractivity contribution in [3.8, 4) is 0 Å². The lowest BCUT2D eigenvalue weighted by molar-refractivity contribution is 0.402. The lowest BCUT2D eigenvalue weighted by Gasteiger charge is -2.23. The van der Waals surface area contributed by atoms with Gasteiger partial charge in [0.05, 0.1) is 0 Å². The Morgan fingerprint density at radius 1 is 1.58 bits per heavy atom. The SMILES string of the molecule is CC(C)=CCNC1CCCNC1. The summed E-state index contributed by atoms with van der Waals surface area (Å²) in [6, 6.07) is 0.689. The van der Waals surface area contributed by atoms with Crippen molar-refractivity contribution in [1.29, 1.82) is 0 Å². The zero-order valence-corrected chi connectivity index (χ0v) is 8.19. The van der Waals surface area contributed by atoms with Crippen molar-refractivity contribution in [3.05, 3.63) is 11.6 Å². The first kappa shape index (κ1) is 9.75. The highest BCUT2D eigenvalue weighted by Gasteiger charge is 2.10. The molecule has 0 saturated carbocycles. The monoisotopic (exact) mass is 168 g/mol. The van der Waals surface area contributed by atoms with Crippen LogP contribution >= 0.6 is 0 Å². The van der Waals surface area contributed by atoms with E-state index in [0.717, 1.165) is 13.1 Å². The van der Waals surface area contributed by atoms with Crippen molar-refractivity contribution in [1.82, 2.24) is 10.6 Å². The quantitative estimate of drug-likeness (QED) is 0.621. The summed E-state index contributed by atoms with van der Waals surface area (Å²) in [4.78, 5) is 0. The number of piperidine rings is 1. The molecule has 1 atom stereocenters. The van der Waals surface area contributed by atoms with Gasteiger partial charge in [-0.25, -0.2) is 0 Å². The fourth-order valence-corrected chi connectivity index (χ4v) is 1.46. The number of rotatable bonds is 3. The Kier molecular flexibility index (Phi) is 4.33. The summed E-state index contributed by atoms with van der Waals surface area (Å²) < 4.78 is 0. The Morgan fingerprint density at radius 3 is 3.00 bits per heavy atom. The molecule has 0 aromatic rings. The van der Waals surface area contributed by atoms with E-state index in [1.165, 1.54) is 25.0 Å². The van der Waals surface area contributed by atoms with Crippen molar-refractivity contribution in [2.75, 3.05) is 19.6 Å². The first-order valence-corrected chi connectivity index (χ1v) is 4.86. The maximum absolute atomic E-state index is 3.51. The maximum Gasteiger partial charge on any atom is 0.0195 e. The smallest absolute Gasteiger partial charge is 0.0195 e. The molecule has 1 aliphatic rings. The van der Waals surface area contributed by atoms with Crippen LogP contribution in [0.15, 0.2) is 11.6 Å². The fourth-order valence-electron chi connectivity index (χ4n) is 1.46. The van der Waals surface area contributed by atoms with E-state index in [1.54, 1.807) is 0 Å². The van der Waals surface area contributed by atoms with Crippen LogP contribution in [-0.2, 0) is 0 Å². The van der Waals surface area contributed by atoms with E-state index in [4.69, 9.17) is 0 Å². The van der Waals surface area contributed by atoms with E-state index >= 15 is 0 Å². The predicted octanol–water partition coefficient (Wildman–Crippen LogP) is 1.29. The predicted molar refractivity (Wildman–Crippen MR) is 53.3 cm³/mol. The van der Waals surface area contributed by atoms with Gasteiger partial charge in [-0.2, -0.15) is 0 Å². The lowest BCUT2D eigenvalue weighted by Crippen LogP contribution is -2.43. The Hall–Kier alpha value is -0.340. The Bertz CT molecular complexity index is 142. The molecule has 1 unspecified atom stereocenters. The minimum atomic E-state index is 0.689. The van der Waals surface area contributed by atoms with E-state index < -0.39 is 0 Å². The van der Waals surface area contributed by atoms with Crippen molar-refractivity contribution in [2.45, 2.75) is 32.7 Å². The lowest BCUT2D eigenvalue weighted by atomic mass is 10.1. The number of nitrogens with one attached hydrogen (secondary N) is 2. The van der Waals surface area contributed by atoms with Gasteiger partial charge in [-0.15, -0.1) is 0 Å². The van der Waals surface area contributed by atoms with Crippen molar-refractivity contribution in [2.24, 2.45) is 0 Å². The average molecular weight is 168 g/mol. The minimum Gasteiger partial charge on any atom is -0.315 e. The van der Waals surface area contributed by atoms with E-state index in [2.05, 4.69) is 30.6 Å². The molecule has 70 valence electrons. The molecule has 1 saturated heterocycles. The van der Waals surface area contributed by atoms with Crippen LogP contribution in [0.3, 0.4) is 0 Å². The van der Waals surface area contributed by atoms with Gasteiger partial charge in [0.15, 0.2) is 0 Å². The van der Waals surface area contributed by atoms with Crippen LogP contribution in [-0.4, -0.2) is 25.7 Å². The third-order valence-corrected chi connectivity index (χ3v) is 2.21. The molecule has 1 rings (SSSR count). The topological polar surface area (TPSA) is 24.1 Å². The standard InChI is InChI=1S/C10H20N2/c1-9(2)5-7-12-10-4-3-6-11-8-10/h5,10-12H,3-4,6-8H2,1-2H3. The summed E-state index contributed by atoms with van der Waals surface area (Å²) in [6.45, 7) is 7.63. The minimum absolute atomic E-state index is 0.689. The van der Waals surface area contributed by atoms with Gasteiger partial charge < -0.3 is 10.6 Å². The third-order valence-electron chi connectivity index (χ3n) is 2.21. The Labute approximate surface area is 75.4 Å². The molecule has 1 heterocycles. The van der Waals surface area contributed by atoms with Gasteiger partial charge in [-0.1, -0.05) is 11.6 Å². The molecule has 1 fully saturated rings. The molecule has 2 nitrogen and oxygen atoms in total. The van der Waals surface area contributed by atoms with Gasteiger partial charge in [-0.05, 0) is 33.2 Å². The summed E-state index contributed by atoms with van der Waals surface area (Å²) in [6.07, 6.45) is 4.88. The highest BCUT2D eigenvalue weighted by atomic mass is 15.0. The molecule has 0 aromatic heterocycles. The molecular weight excluding hydrogens is 148 g/mol. The van der Waals surface area contributed by atoms with Crippen molar-refractivity contribution < 1.29 is 0 Å². The van der Waals surface area contributed by atoms with Gasteiger partial charge >= 0.3 is 0 Å².